The van der Waals surface area contributed by atoms with Crippen molar-refractivity contribution in [3.63, 3.8) is 0 Å². The summed E-state index contributed by atoms with van der Waals surface area (Å²) < 4.78 is 32.8. The molecule has 1 aromatic carbocycles. The molecule has 1 aliphatic heterocycles. The van der Waals surface area contributed by atoms with Crippen LogP contribution in [0, 0.1) is 0 Å². The largest absolute Gasteiger partial charge is 0.383 e. The molecule has 1 aliphatic rings. The Morgan fingerprint density at radius 3 is 2.39 bits per heavy atom. The molecule has 0 aromatic heterocycles. The SMILES string of the molecule is COCC1(CNS(=O)(=O)c2c(Cl)cc(Cl)cc2Cl)CCCN1.Cl. The molecule has 0 bridgehead atoms. The molecule has 0 saturated carbocycles. The van der Waals surface area contributed by atoms with Gasteiger partial charge in [0.25, 0.3) is 0 Å². The summed E-state index contributed by atoms with van der Waals surface area (Å²) >= 11 is 17.8. The predicted octanol–water partition coefficient (Wildman–Crippen LogP) is 3.12. The van der Waals surface area contributed by atoms with Crippen molar-refractivity contribution in [1.82, 2.24) is 10.0 Å². The molecule has 0 spiro atoms. The van der Waals surface area contributed by atoms with Gasteiger partial charge >= 0.3 is 0 Å². The van der Waals surface area contributed by atoms with Crippen LogP contribution >= 0.6 is 47.2 Å². The zero-order chi connectivity index (χ0) is 16.4. The third-order valence-corrected chi connectivity index (χ3v) is 6.13. The van der Waals surface area contributed by atoms with Gasteiger partial charge in [0.1, 0.15) is 4.90 Å². The van der Waals surface area contributed by atoms with Crippen LogP contribution < -0.4 is 10.0 Å². The number of hydrogen-bond acceptors (Lipinski definition) is 4. The van der Waals surface area contributed by atoms with Gasteiger partial charge in [-0.25, -0.2) is 13.1 Å². The maximum absolute atomic E-state index is 12.5. The standard InChI is InChI=1S/C13H17Cl3N2O3S.ClH/c1-21-8-13(3-2-4-17-13)7-18-22(19,20)12-10(15)5-9(14)6-11(12)16;/h5-6,17-18H,2-4,7-8H2,1H3;1H. The van der Waals surface area contributed by atoms with Crippen LogP contribution in [-0.2, 0) is 14.8 Å². The lowest BCUT2D eigenvalue weighted by Gasteiger charge is -2.29. The minimum atomic E-state index is -3.85. The van der Waals surface area contributed by atoms with Crippen LogP contribution in [0.25, 0.3) is 0 Å². The van der Waals surface area contributed by atoms with Gasteiger partial charge in [0, 0.05) is 18.7 Å². The zero-order valence-corrected chi connectivity index (χ0v) is 16.3. The van der Waals surface area contributed by atoms with E-state index in [1.165, 1.54) is 12.1 Å². The van der Waals surface area contributed by atoms with Gasteiger partial charge in [-0.05, 0) is 31.5 Å². The molecule has 1 atom stereocenters. The van der Waals surface area contributed by atoms with Crippen molar-refractivity contribution in [2.45, 2.75) is 23.3 Å². The number of halogens is 4. The summed E-state index contributed by atoms with van der Waals surface area (Å²) in [5.74, 6) is 0. The van der Waals surface area contributed by atoms with E-state index in [1.54, 1.807) is 7.11 Å². The number of methoxy groups -OCH3 is 1. The Kier molecular flexibility index (Phi) is 7.89. The Balaban J connectivity index is 0.00000264. The average molecular weight is 424 g/mol. The molecule has 23 heavy (non-hydrogen) atoms. The summed E-state index contributed by atoms with van der Waals surface area (Å²) in [4.78, 5) is -0.161. The van der Waals surface area contributed by atoms with E-state index in [9.17, 15) is 8.42 Å². The van der Waals surface area contributed by atoms with Gasteiger partial charge in [0.2, 0.25) is 10.0 Å². The fourth-order valence-electron chi connectivity index (χ4n) is 2.56. The summed E-state index contributed by atoms with van der Waals surface area (Å²) in [5.41, 5.74) is -0.410. The van der Waals surface area contributed by atoms with E-state index in [0.29, 0.717) is 6.61 Å². The molecule has 0 aliphatic carbocycles. The van der Waals surface area contributed by atoms with Gasteiger partial charge in [-0.3, -0.25) is 0 Å². The first kappa shape index (κ1) is 21.3. The Labute approximate surface area is 157 Å². The Hall–Kier alpha value is 0.210. The van der Waals surface area contributed by atoms with E-state index in [0.717, 1.165) is 19.4 Å². The van der Waals surface area contributed by atoms with Crippen LogP contribution in [0.3, 0.4) is 0 Å². The summed E-state index contributed by atoms with van der Waals surface area (Å²) in [6.45, 7) is 1.43. The molecular weight excluding hydrogens is 406 g/mol. The number of hydrogen-bond donors (Lipinski definition) is 2. The zero-order valence-electron chi connectivity index (χ0n) is 12.4. The lowest BCUT2D eigenvalue weighted by Crippen LogP contribution is -2.52. The second-order valence-electron chi connectivity index (χ2n) is 5.27. The quantitative estimate of drug-likeness (QED) is 0.737. The lowest BCUT2D eigenvalue weighted by molar-refractivity contribution is 0.122. The molecule has 2 rings (SSSR count). The van der Waals surface area contributed by atoms with Gasteiger partial charge in [-0.1, -0.05) is 34.8 Å². The minimum absolute atomic E-state index is 0. The number of benzene rings is 1. The molecular formula is C13H18Cl4N2O3S. The van der Waals surface area contributed by atoms with Gasteiger partial charge in [-0.2, -0.15) is 0 Å². The summed E-state index contributed by atoms with van der Waals surface area (Å²) in [6.07, 6.45) is 1.79. The lowest BCUT2D eigenvalue weighted by atomic mass is 9.99. The molecule has 1 unspecified atom stereocenters. The maximum atomic E-state index is 12.5. The summed E-state index contributed by atoms with van der Waals surface area (Å²) in [6, 6.07) is 2.70. The van der Waals surface area contributed by atoms with Crippen molar-refractivity contribution in [1.29, 1.82) is 0 Å². The van der Waals surface area contributed by atoms with Crippen LogP contribution in [-0.4, -0.2) is 40.8 Å². The topological polar surface area (TPSA) is 67.4 Å². The molecule has 0 radical (unpaired) electrons. The highest BCUT2D eigenvalue weighted by atomic mass is 35.5. The van der Waals surface area contributed by atoms with Gasteiger partial charge < -0.3 is 10.1 Å². The van der Waals surface area contributed by atoms with E-state index in [-0.39, 0.29) is 38.9 Å². The van der Waals surface area contributed by atoms with E-state index in [2.05, 4.69) is 10.0 Å². The third-order valence-electron chi connectivity index (χ3n) is 3.59. The first-order valence-electron chi connectivity index (χ1n) is 6.68. The Morgan fingerprint density at radius 1 is 1.30 bits per heavy atom. The first-order valence-corrected chi connectivity index (χ1v) is 9.29. The van der Waals surface area contributed by atoms with Gasteiger partial charge in [0.05, 0.1) is 22.2 Å². The number of sulfonamides is 1. The monoisotopic (exact) mass is 422 g/mol. The van der Waals surface area contributed by atoms with Gasteiger partial charge in [0.15, 0.2) is 0 Å². The maximum Gasteiger partial charge on any atom is 0.243 e. The van der Waals surface area contributed by atoms with Crippen molar-refractivity contribution in [3.8, 4) is 0 Å². The summed E-state index contributed by atoms with van der Waals surface area (Å²) in [7, 11) is -2.26. The summed E-state index contributed by atoms with van der Waals surface area (Å²) in [5, 5.41) is 3.56. The smallest absolute Gasteiger partial charge is 0.243 e. The number of nitrogens with one attached hydrogen (secondary N) is 2. The molecule has 0 amide bonds. The highest BCUT2D eigenvalue weighted by Crippen LogP contribution is 2.32. The van der Waals surface area contributed by atoms with Crippen molar-refractivity contribution in [3.05, 3.63) is 27.2 Å². The molecule has 1 heterocycles. The van der Waals surface area contributed by atoms with Crippen molar-refractivity contribution >= 4 is 57.2 Å². The molecule has 5 nitrogen and oxygen atoms in total. The fourth-order valence-corrected chi connectivity index (χ4v) is 5.23. The van der Waals surface area contributed by atoms with Crippen LogP contribution in [0.15, 0.2) is 17.0 Å². The Bertz CT molecular complexity index is 626. The van der Waals surface area contributed by atoms with Crippen LogP contribution in [0.2, 0.25) is 15.1 Å². The van der Waals surface area contributed by atoms with Crippen LogP contribution in [0.1, 0.15) is 12.8 Å². The second-order valence-corrected chi connectivity index (χ2v) is 8.22. The molecule has 132 valence electrons. The normalized spacial score (nSPS) is 21.2. The second kappa shape index (κ2) is 8.54. The minimum Gasteiger partial charge on any atom is -0.383 e. The van der Waals surface area contributed by atoms with E-state index in [1.807, 2.05) is 0 Å². The van der Waals surface area contributed by atoms with Crippen molar-refractivity contribution < 1.29 is 13.2 Å². The molecule has 2 N–H and O–H groups in total. The van der Waals surface area contributed by atoms with Crippen LogP contribution in [0.5, 0.6) is 0 Å². The fraction of sp³-hybridized carbons (Fsp3) is 0.538. The number of rotatable bonds is 6. The van der Waals surface area contributed by atoms with Crippen LogP contribution in [0.4, 0.5) is 0 Å². The highest BCUT2D eigenvalue weighted by molar-refractivity contribution is 7.89. The molecule has 10 heteroatoms. The molecule has 1 aromatic rings. The highest BCUT2D eigenvalue weighted by Gasteiger charge is 2.35. The third kappa shape index (κ3) is 5.09. The van der Waals surface area contributed by atoms with Crippen molar-refractivity contribution in [2.24, 2.45) is 0 Å². The van der Waals surface area contributed by atoms with E-state index >= 15 is 0 Å². The molecule has 1 saturated heterocycles. The van der Waals surface area contributed by atoms with E-state index < -0.39 is 15.6 Å². The predicted molar refractivity (Wildman–Crippen MR) is 95.8 cm³/mol. The van der Waals surface area contributed by atoms with Gasteiger partial charge in [-0.15, -0.1) is 12.4 Å². The van der Waals surface area contributed by atoms with E-state index in [4.69, 9.17) is 39.5 Å². The average Bonchev–Trinajstić information content (AvgIpc) is 2.84. The first-order chi connectivity index (χ1) is 10.3. The Morgan fingerprint density at radius 2 is 1.91 bits per heavy atom. The molecule has 1 fully saturated rings. The number of ether oxygens (including phenoxy) is 1. The van der Waals surface area contributed by atoms with Crippen molar-refractivity contribution in [2.75, 3.05) is 26.8 Å².